The number of nitrogens with one attached hydrogen (secondary N) is 1. The smallest absolute Gasteiger partial charge is 0.138 e. The van der Waals surface area contributed by atoms with Crippen LogP contribution in [0.4, 0.5) is 0 Å². The molecule has 0 amide bonds. The van der Waals surface area contributed by atoms with Crippen LogP contribution in [0.25, 0.3) is 21.9 Å². The van der Waals surface area contributed by atoms with E-state index in [-0.39, 0.29) is 0 Å². The first-order valence-electron chi connectivity index (χ1n) is 5.58. The molecule has 84 valence electrons. The highest BCUT2D eigenvalue weighted by molar-refractivity contribution is 6.06. The predicted octanol–water partition coefficient (Wildman–Crippen LogP) is 2.77. The monoisotopic (exact) mass is 224 g/mol. The van der Waals surface area contributed by atoms with Crippen LogP contribution < -0.4 is 0 Å². The van der Waals surface area contributed by atoms with Gasteiger partial charge in [-0.05, 0) is 36.2 Å². The molecule has 0 saturated carbocycles. The van der Waals surface area contributed by atoms with Gasteiger partial charge in [-0.2, -0.15) is 0 Å². The zero-order valence-corrected chi connectivity index (χ0v) is 9.53. The molecular formula is C14H12N2O. The highest BCUT2D eigenvalue weighted by atomic mass is 16.1. The Bertz CT molecular complexity index is 713. The molecule has 3 heteroatoms. The molecule has 0 aliphatic heterocycles. The number of aromatic amines is 1. The number of rotatable bonds is 2. The molecule has 0 atom stereocenters. The molecular weight excluding hydrogens is 212 g/mol. The van der Waals surface area contributed by atoms with Crippen LogP contribution >= 0.6 is 0 Å². The van der Waals surface area contributed by atoms with Crippen LogP contribution in [0.3, 0.4) is 0 Å². The number of H-pyrrole nitrogens is 1. The number of hydrogen-bond acceptors (Lipinski definition) is 2. The quantitative estimate of drug-likeness (QED) is 0.680. The van der Waals surface area contributed by atoms with Gasteiger partial charge in [0.05, 0.1) is 0 Å². The maximum Gasteiger partial charge on any atom is 0.138 e. The molecule has 0 unspecified atom stereocenters. The van der Waals surface area contributed by atoms with E-state index in [0.29, 0.717) is 6.42 Å². The van der Waals surface area contributed by atoms with Crippen molar-refractivity contribution in [3.8, 4) is 0 Å². The summed E-state index contributed by atoms with van der Waals surface area (Å²) < 4.78 is 0. The molecule has 1 aromatic carbocycles. The second-order valence-electron chi connectivity index (χ2n) is 4.28. The van der Waals surface area contributed by atoms with Crippen LogP contribution in [0.15, 0.2) is 30.5 Å². The molecule has 17 heavy (non-hydrogen) atoms. The molecule has 0 radical (unpaired) electrons. The van der Waals surface area contributed by atoms with Crippen LogP contribution in [0, 0.1) is 6.92 Å². The van der Waals surface area contributed by atoms with Crippen molar-refractivity contribution >= 4 is 28.2 Å². The van der Waals surface area contributed by atoms with Gasteiger partial charge in [0.1, 0.15) is 11.9 Å². The van der Waals surface area contributed by atoms with Gasteiger partial charge in [-0.3, -0.25) is 0 Å². The fourth-order valence-electron chi connectivity index (χ4n) is 2.15. The lowest BCUT2D eigenvalue weighted by atomic mass is 10.1. The maximum atomic E-state index is 10.5. The van der Waals surface area contributed by atoms with Gasteiger partial charge in [0.25, 0.3) is 0 Å². The third kappa shape index (κ3) is 1.60. The van der Waals surface area contributed by atoms with Crippen molar-refractivity contribution in [3.05, 3.63) is 41.6 Å². The number of fused-ring (bicyclic) bond motifs is 3. The minimum absolute atomic E-state index is 0.460. The number of aromatic nitrogens is 2. The molecule has 0 bridgehead atoms. The zero-order chi connectivity index (χ0) is 11.8. The first-order valence-corrected chi connectivity index (χ1v) is 5.58. The van der Waals surface area contributed by atoms with Gasteiger partial charge in [-0.25, -0.2) is 4.98 Å². The number of aldehydes is 1. The highest BCUT2D eigenvalue weighted by Crippen LogP contribution is 2.25. The summed E-state index contributed by atoms with van der Waals surface area (Å²) in [4.78, 5) is 18.2. The van der Waals surface area contributed by atoms with Gasteiger partial charge in [0.15, 0.2) is 0 Å². The number of benzene rings is 1. The minimum Gasteiger partial charge on any atom is -0.339 e. The largest absolute Gasteiger partial charge is 0.339 e. The van der Waals surface area contributed by atoms with Crippen LogP contribution in [0.2, 0.25) is 0 Å². The predicted molar refractivity (Wildman–Crippen MR) is 68.1 cm³/mol. The summed E-state index contributed by atoms with van der Waals surface area (Å²) in [6, 6.07) is 8.15. The lowest BCUT2D eigenvalue weighted by Crippen LogP contribution is -1.84. The molecule has 3 rings (SSSR count). The Labute approximate surface area is 98.5 Å². The Kier molecular flexibility index (Phi) is 2.18. The molecule has 1 N–H and O–H groups in total. The van der Waals surface area contributed by atoms with Gasteiger partial charge in [-0.15, -0.1) is 0 Å². The van der Waals surface area contributed by atoms with E-state index in [1.165, 1.54) is 0 Å². The van der Waals surface area contributed by atoms with E-state index in [9.17, 15) is 4.79 Å². The Balaban J connectivity index is 2.35. The summed E-state index contributed by atoms with van der Waals surface area (Å²) in [5.41, 5.74) is 4.13. The lowest BCUT2D eigenvalue weighted by Gasteiger charge is -1.96. The summed E-state index contributed by atoms with van der Waals surface area (Å²) >= 11 is 0. The summed E-state index contributed by atoms with van der Waals surface area (Å²) in [5.74, 6) is 0. The number of aryl methyl sites for hydroxylation is 1. The number of carbonyl (C=O) groups is 1. The van der Waals surface area contributed by atoms with Crippen molar-refractivity contribution in [2.45, 2.75) is 13.3 Å². The summed E-state index contributed by atoms with van der Waals surface area (Å²) in [7, 11) is 0. The SMILES string of the molecule is Cc1cnc2[nH]c3ccc(CC=O)cc3c2c1. The molecule has 0 aliphatic carbocycles. The van der Waals surface area contributed by atoms with E-state index in [2.05, 4.69) is 22.1 Å². The topological polar surface area (TPSA) is 45.8 Å². The van der Waals surface area contributed by atoms with Gasteiger partial charge >= 0.3 is 0 Å². The van der Waals surface area contributed by atoms with Crippen molar-refractivity contribution < 1.29 is 4.79 Å². The molecule has 3 aromatic rings. The summed E-state index contributed by atoms with van der Waals surface area (Å²) in [6.45, 7) is 2.03. The van der Waals surface area contributed by atoms with Crippen molar-refractivity contribution in [3.63, 3.8) is 0 Å². The van der Waals surface area contributed by atoms with Crippen LogP contribution in [-0.4, -0.2) is 16.3 Å². The maximum absolute atomic E-state index is 10.5. The van der Waals surface area contributed by atoms with Crippen LogP contribution in [-0.2, 0) is 11.2 Å². The van der Waals surface area contributed by atoms with Crippen molar-refractivity contribution in [2.24, 2.45) is 0 Å². The van der Waals surface area contributed by atoms with Crippen LogP contribution in [0.1, 0.15) is 11.1 Å². The van der Waals surface area contributed by atoms with E-state index < -0.39 is 0 Å². The first-order chi connectivity index (χ1) is 8.28. The average molecular weight is 224 g/mol. The number of carbonyl (C=O) groups excluding carboxylic acids is 1. The molecule has 0 aliphatic rings. The first kappa shape index (κ1) is 10.0. The number of pyridine rings is 1. The molecule has 2 heterocycles. The van der Waals surface area contributed by atoms with E-state index in [1.807, 2.05) is 25.3 Å². The minimum atomic E-state index is 0.460. The summed E-state index contributed by atoms with van der Waals surface area (Å²) in [5, 5.41) is 2.25. The lowest BCUT2D eigenvalue weighted by molar-refractivity contribution is -0.107. The average Bonchev–Trinajstić information content (AvgIpc) is 2.67. The molecule has 2 aromatic heterocycles. The normalized spacial score (nSPS) is 11.1. The van der Waals surface area contributed by atoms with E-state index in [1.54, 1.807) is 0 Å². The van der Waals surface area contributed by atoms with E-state index in [4.69, 9.17) is 0 Å². The van der Waals surface area contributed by atoms with E-state index in [0.717, 1.165) is 39.3 Å². The molecule has 0 spiro atoms. The highest BCUT2D eigenvalue weighted by Gasteiger charge is 2.06. The van der Waals surface area contributed by atoms with Crippen molar-refractivity contribution in [1.29, 1.82) is 0 Å². The zero-order valence-electron chi connectivity index (χ0n) is 9.53. The molecule has 0 saturated heterocycles. The van der Waals surface area contributed by atoms with E-state index >= 15 is 0 Å². The molecule has 3 nitrogen and oxygen atoms in total. The number of hydrogen-bond donors (Lipinski definition) is 1. The Morgan fingerprint density at radius 3 is 3.00 bits per heavy atom. The number of nitrogens with zero attached hydrogens (tertiary/aromatic N) is 1. The fourth-order valence-corrected chi connectivity index (χ4v) is 2.15. The Morgan fingerprint density at radius 1 is 1.29 bits per heavy atom. The second-order valence-corrected chi connectivity index (χ2v) is 4.28. The Morgan fingerprint density at radius 2 is 2.18 bits per heavy atom. The Hall–Kier alpha value is -2.16. The fraction of sp³-hybridized carbons (Fsp3) is 0.143. The standard InChI is InChI=1S/C14H12N2O/c1-9-6-12-11-7-10(4-5-17)2-3-13(11)16-14(12)15-8-9/h2-3,5-8H,4H2,1H3,(H,15,16). The molecule has 0 fully saturated rings. The van der Waals surface area contributed by atoms with Gasteiger partial charge in [0.2, 0.25) is 0 Å². The van der Waals surface area contributed by atoms with Crippen LogP contribution in [0.5, 0.6) is 0 Å². The third-order valence-electron chi connectivity index (χ3n) is 2.97. The second kappa shape index (κ2) is 3.70. The van der Waals surface area contributed by atoms with Crippen molar-refractivity contribution in [1.82, 2.24) is 9.97 Å². The summed E-state index contributed by atoms with van der Waals surface area (Å²) in [6.07, 6.45) is 3.24. The van der Waals surface area contributed by atoms with Gasteiger partial charge < -0.3 is 9.78 Å². The van der Waals surface area contributed by atoms with Gasteiger partial charge in [0, 0.05) is 28.9 Å². The van der Waals surface area contributed by atoms with Gasteiger partial charge in [-0.1, -0.05) is 6.07 Å². The third-order valence-corrected chi connectivity index (χ3v) is 2.97. The van der Waals surface area contributed by atoms with Crippen molar-refractivity contribution in [2.75, 3.05) is 0 Å².